The van der Waals surface area contributed by atoms with Gasteiger partial charge in [-0.05, 0) is 76.2 Å². The van der Waals surface area contributed by atoms with Gasteiger partial charge in [0.1, 0.15) is 17.7 Å². The van der Waals surface area contributed by atoms with Gasteiger partial charge in [0, 0.05) is 37.3 Å². The van der Waals surface area contributed by atoms with E-state index in [9.17, 15) is 19.2 Å². The Balaban J connectivity index is 1.31. The zero-order valence-electron chi connectivity index (χ0n) is 27.5. The molecule has 0 saturated carbocycles. The third kappa shape index (κ3) is 6.45. The van der Waals surface area contributed by atoms with Crippen LogP contribution in [0.1, 0.15) is 66.9 Å². The molecule has 0 aliphatic carbocycles. The van der Waals surface area contributed by atoms with Crippen LogP contribution in [0.4, 0.5) is 11.9 Å². The molecule has 0 spiro atoms. The Morgan fingerprint density at radius 2 is 1.22 bits per heavy atom. The van der Waals surface area contributed by atoms with E-state index >= 15 is 0 Å². The summed E-state index contributed by atoms with van der Waals surface area (Å²) in [7, 11) is 0. The van der Waals surface area contributed by atoms with E-state index in [4.69, 9.17) is 5.73 Å². The highest BCUT2D eigenvalue weighted by molar-refractivity contribution is 6.04. The number of rotatable bonds is 12. The second-order valence-electron chi connectivity index (χ2n) is 11.4. The number of imidazole rings is 2. The average Bonchev–Trinajstić information content (AvgIpc) is 3.84. The number of nitrogens with one attached hydrogen (secondary N) is 2. The Bertz CT molecular complexity index is 2290. The summed E-state index contributed by atoms with van der Waals surface area (Å²) in [4.78, 5) is 59.3. The topological polar surface area (TPSA) is 190 Å². The molecule has 0 bridgehead atoms. The first-order valence-electron chi connectivity index (χ1n) is 15.7. The molecule has 0 atom stereocenters. The predicted octanol–water partition coefficient (Wildman–Crippen LogP) is 4.11. The number of benzene rings is 2. The van der Waals surface area contributed by atoms with Gasteiger partial charge >= 0.3 is 0 Å². The zero-order valence-corrected chi connectivity index (χ0v) is 27.5. The number of aldehydes is 1. The number of anilines is 2. The molecule has 4 N–H and O–H groups in total. The Labute approximate surface area is 280 Å². The summed E-state index contributed by atoms with van der Waals surface area (Å²) < 4.78 is 6.88. The van der Waals surface area contributed by atoms with Crippen LogP contribution in [-0.4, -0.2) is 62.7 Å². The first-order chi connectivity index (χ1) is 23.6. The van der Waals surface area contributed by atoms with Crippen LogP contribution in [0.2, 0.25) is 0 Å². The van der Waals surface area contributed by atoms with Gasteiger partial charge < -0.3 is 14.9 Å². The first-order valence-corrected chi connectivity index (χ1v) is 15.7. The summed E-state index contributed by atoms with van der Waals surface area (Å²) in [5.41, 5.74) is 10.9. The minimum absolute atomic E-state index is 0.276. The van der Waals surface area contributed by atoms with Gasteiger partial charge in [-0.1, -0.05) is 12.2 Å². The predicted molar refractivity (Wildman–Crippen MR) is 184 cm³/mol. The van der Waals surface area contributed by atoms with E-state index in [-0.39, 0.29) is 17.8 Å². The number of carbonyl (C=O) groups is 4. The maximum atomic E-state index is 13.3. The van der Waals surface area contributed by atoms with E-state index in [1.807, 2.05) is 49.0 Å². The molecule has 4 aromatic heterocycles. The van der Waals surface area contributed by atoms with Crippen LogP contribution in [0, 0.1) is 13.8 Å². The van der Waals surface area contributed by atoms with Crippen LogP contribution < -0.4 is 16.4 Å². The Kier molecular flexibility index (Phi) is 8.90. The summed E-state index contributed by atoms with van der Waals surface area (Å²) in [6.07, 6.45) is 4.54. The monoisotopic (exact) mass is 661 g/mol. The fraction of sp³-hybridized carbons (Fsp3) is 0.235. The van der Waals surface area contributed by atoms with Gasteiger partial charge in [-0.2, -0.15) is 10.2 Å². The molecule has 0 radical (unpaired) electrons. The highest BCUT2D eigenvalue weighted by Crippen LogP contribution is 2.24. The molecule has 49 heavy (non-hydrogen) atoms. The van der Waals surface area contributed by atoms with Crippen LogP contribution in [0.15, 0.2) is 60.7 Å². The van der Waals surface area contributed by atoms with Crippen molar-refractivity contribution in [1.29, 1.82) is 0 Å². The normalized spacial score (nSPS) is 11.5. The number of hydrogen-bond donors (Lipinski definition) is 3. The first kappa shape index (κ1) is 32.6. The molecule has 0 aliphatic rings. The van der Waals surface area contributed by atoms with E-state index < -0.39 is 5.91 Å². The quantitative estimate of drug-likeness (QED) is 0.129. The van der Waals surface area contributed by atoms with Crippen LogP contribution >= 0.6 is 0 Å². The van der Waals surface area contributed by atoms with Crippen molar-refractivity contribution in [3.63, 3.8) is 0 Å². The third-order valence-corrected chi connectivity index (χ3v) is 8.00. The van der Waals surface area contributed by atoms with Gasteiger partial charge in [0.05, 0.1) is 33.5 Å². The molecule has 6 rings (SSSR count). The molecular formula is C34H35N11O4. The number of hydrogen-bond acceptors (Lipinski definition) is 8. The molecule has 0 aliphatic heterocycles. The summed E-state index contributed by atoms with van der Waals surface area (Å²) in [5, 5.41) is 14.6. The van der Waals surface area contributed by atoms with Gasteiger partial charge in [-0.3, -0.25) is 39.2 Å². The summed E-state index contributed by atoms with van der Waals surface area (Å²) >= 11 is 0. The molecule has 4 heterocycles. The fourth-order valence-electron chi connectivity index (χ4n) is 5.69. The largest absolute Gasteiger partial charge is 0.366 e. The molecule has 0 saturated heterocycles. The Morgan fingerprint density at radius 1 is 0.735 bits per heavy atom. The number of aryl methyl sites for hydroxylation is 4. The molecular weight excluding hydrogens is 626 g/mol. The van der Waals surface area contributed by atoms with Gasteiger partial charge in [0.25, 0.3) is 11.8 Å². The lowest BCUT2D eigenvalue weighted by atomic mass is 10.2. The van der Waals surface area contributed by atoms with Gasteiger partial charge in [-0.15, -0.1) is 0 Å². The Hall–Kier alpha value is -6.38. The number of nitrogens with zero attached hydrogens (tertiary/aromatic N) is 8. The van der Waals surface area contributed by atoms with E-state index in [1.165, 1.54) is 0 Å². The van der Waals surface area contributed by atoms with E-state index in [0.717, 1.165) is 12.0 Å². The summed E-state index contributed by atoms with van der Waals surface area (Å²) in [6, 6.07) is 13.5. The molecule has 250 valence electrons. The summed E-state index contributed by atoms with van der Waals surface area (Å²) in [5.74, 6) is -0.749. The third-order valence-electron chi connectivity index (χ3n) is 8.00. The highest BCUT2D eigenvalue weighted by atomic mass is 16.2. The minimum atomic E-state index is -0.589. The standard InChI is InChI=1S/C34H35N11O4/c1-5-44-28(15-20(3)40-44)31(48)38-33-36-24-17-22(19-46)9-11-26(24)42(33)13-7-8-14-43-27-12-10-23(30(35)47)18-25(27)37-34(43)39-32(49)29-16-21(4)41-45(29)6-2/h7-12,15-19H,5-6,13-14H2,1-4H3,(H2,35,47)(H,36,38,48)(H,37,39,49)/b8-7+. The number of primary amides is 1. The lowest BCUT2D eigenvalue weighted by Crippen LogP contribution is -2.20. The molecule has 0 unspecified atom stereocenters. The van der Waals surface area contributed by atoms with Crippen LogP contribution in [0.3, 0.4) is 0 Å². The lowest BCUT2D eigenvalue weighted by Gasteiger charge is -2.10. The van der Waals surface area contributed by atoms with Crippen molar-refractivity contribution in [3.8, 4) is 0 Å². The van der Waals surface area contributed by atoms with E-state index in [1.54, 1.807) is 57.9 Å². The van der Waals surface area contributed by atoms with Crippen molar-refractivity contribution in [3.05, 3.63) is 94.6 Å². The highest BCUT2D eigenvalue weighted by Gasteiger charge is 2.20. The number of amides is 3. The van der Waals surface area contributed by atoms with E-state index in [0.29, 0.717) is 82.4 Å². The van der Waals surface area contributed by atoms with Crippen molar-refractivity contribution in [2.75, 3.05) is 10.6 Å². The number of nitrogens with two attached hydrogens (primary N) is 1. The van der Waals surface area contributed by atoms with E-state index in [2.05, 4.69) is 30.8 Å². The second kappa shape index (κ2) is 13.4. The summed E-state index contributed by atoms with van der Waals surface area (Å²) in [6.45, 7) is 9.09. The number of aromatic nitrogens is 8. The van der Waals surface area contributed by atoms with Crippen LogP contribution in [0.25, 0.3) is 22.1 Å². The van der Waals surface area contributed by atoms with Crippen LogP contribution in [-0.2, 0) is 26.2 Å². The maximum Gasteiger partial charge on any atom is 0.276 e. The zero-order chi connectivity index (χ0) is 34.8. The lowest BCUT2D eigenvalue weighted by molar-refractivity contribution is 0.0994. The van der Waals surface area contributed by atoms with Crippen molar-refractivity contribution < 1.29 is 19.2 Å². The fourth-order valence-corrected chi connectivity index (χ4v) is 5.69. The maximum absolute atomic E-state index is 13.3. The molecule has 0 fully saturated rings. The smallest absolute Gasteiger partial charge is 0.276 e. The molecule has 15 nitrogen and oxygen atoms in total. The number of fused-ring (bicyclic) bond motifs is 2. The molecule has 2 aromatic carbocycles. The average molecular weight is 662 g/mol. The Morgan fingerprint density at radius 3 is 1.69 bits per heavy atom. The molecule has 3 amide bonds. The van der Waals surface area contributed by atoms with Crippen molar-refractivity contribution in [2.24, 2.45) is 5.73 Å². The minimum Gasteiger partial charge on any atom is -0.366 e. The van der Waals surface area contributed by atoms with Crippen molar-refractivity contribution in [2.45, 2.75) is 53.9 Å². The van der Waals surface area contributed by atoms with Crippen molar-refractivity contribution in [1.82, 2.24) is 38.7 Å². The molecule has 6 aromatic rings. The number of carbonyl (C=O) groups excluding carboxylic acids is 4. The van der Waals surface area contributed by atoms with Crippen molar-refractivity contribution >= 4 is 58.0 Å². The molecule has 15 heteroatoms. The number of allylic oxidation sites excluding steroid dienone is 2. The SMILES string of the molecule is CCn1nc(C)cc1C(=O)Nc1nc2cc(C=O)ccc2n1C/C=C/Cn1c(NC(=O)c2cc(C)nn2CC)nc2cc(C(N)=O)ccc21. The van der Waals surface area contributed by atoms with Gasteiger partial charge in [0.2, 0.25) is 17.8 Å². The van der Waals surface area contributed by atoms with Gasteiger partial charge in [0.15, 0.2) is 0 Å². The van der Waals surface area contributed by atoms with Gasteiger partial charge in [-0.25, -0.2) is 9.97 Å². The second-order valence-corrected chi connectivity index (χ2v) is 11.4. The van der Waals surface area contributed by atoms with Crippen LogP contribution in [0.5, 0.6) is 0 Å².